The fraction of sp³-hybridized carbons (Fsp3) is 0.227. The van der Waals surface area contributed by atoms with Crippen molar-refractivity contribution >= 4 is 17.7 Å². The third kappa shape index (κ3) is 6.87. The molecular formula is C22H22N2O6. The first-order chi connectivity index (χ1) is 14.4. The normalized spacial score (nSPS) is 11.5. The maximum absolute atomic E-state index is 12.4. The largest absolute Gasteiger partial charge is 0.504 e. The number of unbranched alkanes of at least 4 members (excludes halogenated alkanes) is 1. The van der Waals surface area contributed by atoms with Gasteiger partial charge in [-0.15, -0.1) is 0 Å². The molecule has 0 aromatic heterocycles. The van der Waals surface area contributed by atoms with Crippen LogP contribution in [0.3, 0.4) is 0 Å². The van der Waals surface area contributed by atoms with Gasteiger partial charge in [0, 0.05) is 11.8 Å². The molecule has 0 saturated heterocycles. The van der Waals surface area contributed by atoms with Crippen molar-refractivity contribution in [3.8, 4) is 17.6 Å². The number of carboxylic acid groups (broad SMARTS) is 1. The van der Waals surface area contributed by atoms with Crippen LogP contribution in [0.15, 0.2) is 54.6 Å². The molecule has 1 atom stereocenters. The second-order valence-electron chi connectivity index (χ2n) is 6.31. The number of rotatable bonds is 9. The topological polar surface area (TPSA) is 129 Å². The SMILES string of the molecule is COc1ccc([C@H](CCC/C=C/C(=O)O)OC(=O)Nc2ccc(C#N)cc2)cc1O. The highest BCUT2D eigenvalue weighted by atomic mass is 16.6. The summed E-state index contributed by atoms with van der Waals surface area (Å²) < 4.78 is 10.6. The number of carbonyl (C=O) groups is 2. The molecule has 1 amide bonds. The number of nitrogens with zero attached hydrogens (tertiary/aromatic N) is 1. The fourth-order valence-corrected chi connectivity index (χ4v) is 2.71. The minimum atomic E-state index is -1.02. The van der Waals surface area contributed by atoms with Crippen molar-refractivity contribution in [1.82, 2.24) is 0 Å². The van der Waals surface area contributed by atoms with E-state index in [1.165, 1.54) is 19.3 Å². The third-order valence-corrected chi connectivity index (χ3v) is 4.18. The summed E-state index contributed by atoms with van der Waals surface area (Å²) in [5.41, 5.74) is 1.51. The van der Waals surface area contributed by atoms with Crippen molar-refractivity contribution in [2.45, 2.75) is 25.4 Å². The summed E-state index contributed by atoms with van der Waals surface area (Å²) >= 11 is 0. The number of hydrogen-bond donors (Lipinski definition) is 3. The number of nitriles is 1. The number of benzene rings is 2. The number of amides is 1. The predicted molar refractivity (Wildman–Crippen MR) is 109 cm³/mol. The molecule has 3 N–H and O–H groups in total. The number of allylic oxidation sites excluding steroid dienone is 1. The van der Waals surface area contributed by atoms with Crippen LogP contribution >= 0.6 is 0 Å². The maximum atomic E-state index is 12.4. The van der Waals surface area contributed by atoms with Crippen LogP contribution in [0.5, 0.6) is 11.5 Å². The number of carbonyl (C=O) groups excluding carboxylic acids is 1. The molecule has 0 spiro atoms. The van der Waals surface area contributed by atoms with E-state index in [9.17, 15) is 14.7 Å². The number of aliphatic carboxylic acids is 1. The van der Waals surface area contributed by atoms with Crippen LogP contribution in [-0.2, 0) is 9.53 Å². The van der Waals surface area contributed by atoms with Crippen molar-refractivity contribution in [1.29, 1.82) is 5.26 Å². The Kier molecular flexibility index (Phi) is 8.27. The average Bonchev–Trinajstić information content (AvgIpc) is 2.73. The monoisotopic (exact) mass is 410 g/mol. The molecule has 0 aliphatic rings. The number of nitrogens with one attached hydrogen (secondary N) is 1. The van der Waals surface area contributed by atoms with E-state index in [1.807, 2.05) is 6.07 Å². The van der Waals surface area contributed by atoms with Crippen LogP contribution in [0.4, 0.5) is 10.5 Å². The molecule has 0 saturated carbocycles. The summed E-state index contributed by atoms with van der Waals surface area (Å²) in [7, 11) is 1.43. The van der Waals surface area contributed by atoms with Gasteiger partial charge >= 0.3 is 12.1 Å². The number of phenols is 1. The van der Waals surface area contributed by atoms with E-state index < -0.39 is 18.2 Å². The lowest BCUT2D eigenvalue weighted by atomic mass is 10.0. The fourth-order valence-electron chi connectivity index (χ4n) is 2.71. The van der Waals surface area contributed by atoms with Gasteiger partial charge in [-0.1, -0.05) is 12.1 Å². The summed E-state index contributed by atoms with van der Waals surface area (Å²) in [5, 5.41) is 30.1. The zero-order valence-corrected chi connectivity index (χ0v) is 16.4. The van der Waals surface area contributed by atoms with Gasteiger partial charge in [0.15, 0.2) is 11.5 Å². The van der Waals surface area contributed by atoms with Gasteiger partial charge in [-0.2, -0.15) is 5.26 Å². The quantitative estimate of drug-likeness (QED) is 0.413. The van der Waals surface area contributed by atoms with E-state index in [-0.39, 0.29) is 5.75 Å². The lowest BCUT2D eigenvalue weighted by molar-refractivity contribution is -0.131. The molecule has 0 radical (unpaired) electrons. The van der Waals surface area contributed by atoms with Crippen molar-refractivity contribution in [3.63, 3.8) is 0 Å². The third-order valence-electron chi connectivity index (χ3n) is 4.18. The number of anilines is 1. The zero-order chi connectivity index (χ0) is 21.9. The highest BCUT2D eigenvalue weighted by Crippen LogP contribution is 2.32. The lowest BCUT2D eigenvalue weighted by Gasteiger charge is -2.19. The number of hydrogen-bond acceptors (Lipinski definition) is 6. The van der Waals surface area contributed by atoms with Gasteiger partial charge in [0.05, 0.1) is 18.7 Å². The number of methoxy groups -OCH3 is 1. The van der Waals surface area contributed by atoms with Crippen molar-refractivity contribution < 1.29 is 29.3 Å². The van der Waals surface area contributed by atoms with Crippen LogP contribution in [0.2, 0.25) is 0 Å². The molecule has 0 aliphatic heterocycles. The molecule has 0 aliphatic carbocycles. The van der Waals surface area contributed by atoms with Crippen LogP contribution in [-0.4, -0.2) is 29.4 Å². The van der Waals surface area contributed by atoms with Crippen LogP contribution in [0.1, 0.15) is 36.5 Å². The summed E-state index contributed by atoms with van der Waals surface area (Å²) in [6, 6.07) is 13.0. The van der Waals surface area contributed by atoms with Crippen LogP contribution in [0, 0.1) is 11.3 Å². The van der Waals surface area contributed by atoms with Gasteiger partial charge in [-0.25, -0.2) is 9.59 Å². The standard InChI is InChI=1S/C22H22N2O6/c1-29-20-12-9-16(13-18(20)25)19(5-3-2-4-6-21(26)27)30-22(28)24-17-10-7-15(14-23)8-11-17/h4,6-13,19,25H,2-3,5H2,1H3,(H,24,28)(H,26,27)/b6-4+/t19-/m0/s1. The average molecular weight is 410 g/mol. The first kappa shape index (κ1) is 22.3. The lowest BCUT2D eigenvalue weighted by Crippen LogP contribution is -2.17. The highest BCUT2D eigenvalue weighted by molar-refractivity contribution is 5.84. The number of ether oxygens (including phenoxy) is 2. The van der Waals surface area contributed by atoms with Crippen molar-refractivity contribution in [2.75, 3.05) is 12.4 Å². The molecule has 8 nitrogen and oxygen atoms in total. The van der Waals surface area contributed by atoms with Crippen LogP contribution < -0.4 is 10.1 Å². The second kappa shape index (κ2) is 11.1. The predicted octanol–water partition coefficient (Wildman–Crippen LogP) is 4.37. The molecule has 0 unspecified atom stereocenters. The molecule has 0 bridgehead atoms. The molecule has 0 heterocycles. The first-order valence-corrected chi connectivity index (χ1v) is 9.17. The van der Waals surface area contributed by atoms with Crippen molar-refractivity contribution in [2.24, 2.45) is 0 Å². The van der Waals surface area contributed by atoms with Crippen molar-refractivity contribution in [3.05, 3.63) is 65.7 Å². The first-order valence-electron chi connectivity index (χ1n) is 9.17. The number of phenolic OH excluding ortho intramolecular Hbond substituents is 1. The number of aromatic hydroxyl groups is 1. The Labute approximate surface area is 174 Å². The van der Waals surface area contributed by atoms with Gasteiger partial charge in [0.2, 0.25) is 0 Å². The highest BCUT2D eigenvalue weighted by Gasteiger charge is 2.18. The van der Waals surface area contributed by atoms with Gasteiger partial charge < -0.3 is 19.7 Å². The molecule has 156 valence electrons. The summed E-state index contributed by atoms with van der Waals surface area (Å²) in [4.78, 5) is 22.9. The number of carboxylic acids is 1. The Balaban J connectivity index is 2.09. The summed E-state index contributed by atoms with van der Waals surface area (Å²) in [6.45, 7) is 0. The van der Waals surface area contributed by atoms with E-state index in [1.54, 1.807) is 36.4 Å². The molecule has 2 aromatic carbocycles. The molecule has 30 heavy (non-hydrogen) atoms. The van der Waals surface area contributed by atoms with E-state index in [2.05, 4.69) is 5.32 Å². The van der Waals surface area contributed by atoms with Gasteiger partial charge in [-0.05, 0) is 61.2 Å². The molecule has 2 aromatic rings. The van der Waals surface area contributed by atoms with Gasteiger partial charge in [0.1, 0.15) is 6.10 Å². The summed E-state index contributed by atoms with van der Waals surface area (Å²) in [5.74, 6) is -0.810. The second-order valence-corrected chi connectivity index (χ2v) is 6.31. The van der Waals surface area contributed by atoms with Crippen LogP contribution in [0.25, 0.3) is 0 Å². The van der Waals surface area contributed by atoms with E-state index >= 15 is 0 Å². The Morgan fingerprint density at radius 2 is 1.97 bits per heavy atom. The Morgan fingerprint density at radius 1 is 1.23 bits per heavy atom. The maximum Gasteiger partial charge on any atom is 0.412 e. The van der Waals surface area contributed by atoms with Gasteiger partial charge in [0.25, 0.3) is 0 Å². The Hall–Kier alpha value is -3.99. The van der Waals surface area contributed by atoms with E-state index in [4.69, 9.17) is 19.8 Å². The van der Waals surface area contributed by atoms with Gasteiger partial charge in [-0.3, -0.25) is 5.32 Å². The minimum absolute atomic E-state index is 0.0816. The smallest absolute Gasteiger partial charge is 0.412 e. The summed E-state index contributed by atoms with van der Waals surface area (Å²) in [6.07, 6.45) is 2.70. The minimum Gasteiger partial charge on any atom is -0.504 e. The van der Waals surface area contributed by atoms with E-state index in [0.29, 0.717) is 41.8 Å². The molecule has 8 heteroatoms. The van der Waals surface area contributed by atoms with E-state index in [0.717, 1.165) is 6.08 Å². The Morgan fingerprint density at radius 3 is 2.57 bits per heavy atom. The molecule has 0 fully saturated rings. The zero-order valence-electron chi connectivity index (χ0n) is 16.4. The Bertz CT molecular complexity index is 947. The molecular weight excluding hydrogens is 388 g/mol. The molecule has 2 rings (SSSR count).